The highest BCUT2D eigenvalue weighted by Crippen LogP contribution is 2.39. The number of hydrogen-bond acceptors (Lipinski definition) is 2. The van der Waals surface area contributed by atoms with E-state index in [1.165, 1.54) is 43.4 Å². The van der Waals surface area contributed by atoms with Gasteiger partial charge in [-0.15, -0.1) is 0 Å². The van der Waals surface area contributed by atoms with E-state index in [1.807, 2.05) is 0 Å². The van der Waals surface area contributed by atoms with Gasteiger partial charge in [0.2, 0.25) is 0 Å². The SMILES string of the molecule is CC(N)(CN1CCCCc2ccccc21)C1CC1. The molecule has 1 aromatic rings. The van der Waals surface area contributed by atoms with Crippen molar-refractivity contribution in [1.82, 2.24) is 0 Å². The minimum absolute atomic E-state index is 0.0164. The monoisotopic (exact) mass is 244 g/mol. The molecule has 2 N–H and O–H groups in total. The first-order valence-electron chi connectivity index (χ1n) is 7.28. The molecule has 1 atom stereocenters. The predicted octanol–water partition coefficient (Wildman–Crippen LogP) is 2.96. The number of nitrogens with zero attached hydrogens (tertiary/aromatic N) is 1. The Bertz CT molecular complexity index is 421. The number of para-hydroxylation sites is 1. The number of rotatable bonds is 3. The van der Waals surface area contributed by atoms with E-state index in [-0.39, 0.29) is 5.54 Å². The Balaban J connectivity index is 1.83. The zero-order valence-corrected chi connectivity index (χ0v) is 11.4. The van der Waals surface area contributed by atoms with Gasteiger partial charge in [-0.2, -0.15) is 0 Å². The van der Waals surface area contributed by atoms with Crippen molar-refractivity contribution < 1.29 is 0 Å². The normalized spacial score (nSPS) is 23.1. The summed E-state index contributed by atoms with van der Waals surface area (Å²) in [6.07, 6.45) is 6.45. The summed E-state index contributed by atoms with van der Waals surface area (Å²) in [5.74, 6) is 0.743. The maximum atomic E-state index is 6.52. The maximum absolute atomic E-state index is 6.52. The summed E-state index contributed by atoms with van der Waals surface area (Å²) in [4.78, 5) is 2.53. The van der Waals surface area contributed by atoms with Gasteiger partial charge in [0, 0.05) is 24.3 Å². The minimum Gasteiger partial charge on any atom is -0.369 e. The average Bonchev–Trinajstić information content (AvgIpc) is 3.16. The van der Waals surface area contributed by atoms with Gasteiger partial charge in [0.25, 0.3) is 0 Å². The zero-order valence-electron chi connectivity index (χ0n) is 11.4. The van der Waals surface area contributed by atoms with Crippen LogP contribution in [-0.4, -0.2) is 18.6 Å². The zero-order chi connectivity index (χ0) is 12.6. The molecule has 0 bridgehead atoms. The van der Waals surface area contributed by atoms with Crippen LogP contribution in [0, 0.1) is 5.92 Å². The van der Waals surface area contributed by atoms with Crippen molar-refractivity contribution in [2.75, 3.05) is 18.0 Å². The Morgan fingerprint density at radius 3 is 2.83 bits per heavy atom. The van der Waals surface area contributed by atoms with Gasteiger partial charge in [-0.25, -0.2) is 0 Å². The molecule has 2 aliphatic rings. The van der Waals surface area contributed by atoms with Crippen LogP contribution in [0.1, 0.15) is 38.2 Å². The van der Waals surface area contributed by atoms with E-state index < -0.39 is 0 Å². The molecule has 1 aromatic carbocycles. The largest absolute Gasteiger partial charge is 0.369 e. The summed E-state index contributed by atoms with van der Waals surface area (Å²) in [6, 6.07) is 8.86. The van der Waals surface area contributed by atoms with E-state index in [0.717, 1.165) is 19.0 Å². The van der Waals surface area contributed by atoms with Crippen LogP contribution in [0.5, 0.6) is 0 Å². The van der Waals surface area contributed by atoms with Crippen LogP contribution in [0.3, 0.4) is 0 Å². The number of anilines is 1. The van der Waals surface area contributed by atoms with Crippen molar-refractivity contribution in [3.8, 4) is 0 Å². The highest BCUT2D eigenvalue weighted by molar-refractivity contribution is 5.54. The average molecular weight is 244 g/mol. The van der Waals surface area contributed by atoms with Gasteiger partial charge >= 0.3 is 0 Å². The molecular weight excluding hydrogens is 220 g/mol. The summed E-state index contributed by atoms with van der Waals surface area (Å²) in [5, 5.41) is 0. The smallest absolute Gasteiger partial charge is 0.0399 e. The molecule has 0 aromatic heterocycles. The van der Waals surface area contributed by atoms with Crippen molar-refractivity contribution in [3.05, 3.63) is 29.8 Å². The highest BCUT2D eigenvalue weighted by atomic mass is 15.2. The van der Waals surface area contributed by atoms with Gasteiger partial charge in [0.15, 0.2) is 0 Å². The molecule has 2 nitrogen and oxygen atoms in total. The first kappa shape index (κ1) is 12.0. The molecule has 1 fully saturated rings. The number of nitrogens with two attached hydrogens (primary N) is 1. The molecular formula is C16H24N2. The van der Waals surface area contributed by atoms with Crippen molar-refractivity contribution in [3.63, 3.8) is 0 Å². The third-order valence-corrected chi connectivity index (χ3v) is 4.50. The summed E-state index contributed by atoms with van der Waals surface area (Å²) >= 11 is 0. The lowest BCUT2D eigenvalue weighted by atomic mass is 9.96. The molecule has 2 heteroatoms. The fourth-order valence-corrected chi connectivity index (χ4v) is 3.22. The molecule has 18 heavy (non-hydrogen) atoms. The molecule has 3 rings (SSSR count). The van der Waals surface area contributed by atoms with E-state index in [2.05, 4.69) is 36.1 Å². The van der Waals surface area contributed by atoms with Crippen molar-refractivity contribution >= 4 is 5.69 Å². The van der Waals surface area contributed by atoms with Crippen LogP contribution in [0.15, 0.2) is 24.3 Å². The second kappa shape index (κ2) is 4.58. The number of aryl methyl sites for hydroxylation is 1. The fraction of sp³-hybridized carbons (Fsp3) is 0.625. The molecule has 0 spiro atoms. The quantitative estimate of drug-likeness (QED) is 0.885. The standard InChI is InChI=1S/C16H24N2/c1-16(17,14-9-10-14)12-18-11-5-4-7-13-6-2-3-8-15(13)18/h2-3,6,8,14H,4-5,7,9-12,17H2,1H3. The second-order valence-corrected chi connectivity index (χ2v) is 6.29. The Morgan fingerprint density at radius 1 is 1.28 bits per heavy atom. The molecule has 1 heterocycles. The molecule has 1 aliphatic carbocycles. The van der Waals surface area contributed by atoms with Gasteiger partial charge in [0.05, 0.1) is 0 Å². The Labute approximate surface area is 110 Å². The van der Waals surface area contributed by atoms with Gasteiger partial charge < -0.3 is 10.6 Å². The van der Waals surface area contributed by atoms with Gasteiger partial charge in [-0.05, 0) is 56.6 Å². The summed E-state index contributed by atoms with van der Waals surface area (Å²) in [7, 11) is 0. The molecule has 0 saturated heterocycles. The molecule has 1 aliphatic heterocycles. The van der Waals surface area contributed by atoms with Crippen LogP contribution in [0.2, 0.25) is 0 Å². The van der Waals surface area contributed by atoms with E-state index >= 15 is 0 Å². The van der Waals surface area contributed by atoms with E-state index in [1.54, 1.807) is 0 Å². The topological polar surface area (TPSA) is 29.3 Å². The molecule has 0 radical (unpaired) electrons. The number of hydrogen-bond donors (Lipinski definition) is 1. The first-order chi connectivity index (χ1) is 8.67. The lowest BCUT2D eigenvalue weighted by molar-refractivity contribution is 0.405. The van der Waals surface area contributed by atoms with Crippen LogP contribution >= 0.6 is 0 Å². The van der Waals surface area contributed by atoms with Crippen LogP contribution in [-0.2, 0) is 6.42 Å². The third kappa shape index (κ3) is 2.39. The summed E-state index contributed by atoms with van der Waals surface area (Å²) < 4.78 is 0. The number of benzene rings is 1. The Kier molecular flexibility index (Phi) is 3.06. The predicted molar refractivity (Wildman–Crippen MR) is 76.9 cm³/mol. The number of fused-ring (bicyclic) bond motifs is 1. The van der Waals surface area contributed by atoms with Crippen LogP contribution < -0.4 is 10.6 Å². The van der Waals surface area contributed by atoms with Crippen molar-refractivity contribution in [2.24, 2.45) is 11.7 Å². The van der Waals surface area contributed by atoms with E-state index in [4.69, 9.17) is 5.73 Å². The van der Waals surface area contributed by atoms with Crippen molar-refractivity contribution in [2.45, 2.75) is 44.6 Å². The lowest BCUT2D eigenvalue weighted by Crippen LogP contribution is -2.50. The molecule has 0 amide bonds. The Morgan fingerprint density at radius 2 is 2.06 bits per heavy atom. The third-order valence-electron chi connectivity index (χ3n) is 4.50. The maximum Gasteiger partial charge on any atom is 0.0399 e. The fourth-order valence-electron chi connectivity index (χ4n) is 3.22. The first-order valence-corrected chi connectivity index (χ1v) is 7.28. The summed E-state index contributed by atoms with van der Waals surface area (Å²) in [6.45, 7) is 4.41. The highest BCUT2D eigenvalue weighted by Gasteiger charge is 2.39. The van der Waals surface area contributed by atoms with Gasteiger partial charge in [-0.1, -0.05) is 18.2 Å². The van der Waals surface area contributed by atoms with Crippen molar-refractivity contribution in [1.29, 1.82) is 0 Å². The molecule has 98 valence electrons. The summed E-state index contributed by atoms with van der Waals surface area (Å²) in [5.41, 5.74) is 9.43. The van der Waals surface area contributed by atoms with Crippen LogP contribution in [0.4, 0.5) is 5.69 Å². The van der Waals surface area contributed by atoms with Gasteiger partial charge in [0.1, 0.15) is 0 Å². The molecule has 1 saturated carbocycles. The van der Waals surface area contributed by atoms with E-state index in [0.29, 0.717) is 0 Å². The Hall–Kier alpha value is -1.02. The minimum atomic E-state index is -0.0164. The molecule has 1 unspecified atom stereocenters. The van der Waals surface area contributed by atoms with Crippen LogP contribution in [0.25, 0.3) is 0 Å². The van der Waals surface area contributed by atoms with E-state index in [9.17, 15) is 0 Å². The van der Waals surface area contributed by atoms with Gasteiger partial charge in [-0.3, -0.25) is 0 Å². The second-order valence-electron chi connectivity index (χ2n) is 6.29. The lowest BCUT2D eigenvalue weighted by Gasteiger charge is -2.34.